The van der Waals surface area contributed by atoms with Crippen LogP contribution in [0.5, 0.6) is 0 Å². The second-order valence-electron chi connectivity index (χ2n) is 20.9. The van der Waals surface area contributed by atoms with Crippen molar-refractivity contribution in [3.63, 3.8) is 0 Å². The van der Waals surface area contributed by atoms with E-state index in [9.17, 15) is 0 Å². The van der Waals surface area contributed by atoms with Gasteiger partial charge in [-0.1, -0.05) is 150 Å². The summed E-state index contributed by atoms with van der Waals surface area (Å²) in [4.78, 5) is 0. The zero-order valence-electron chi connectivity index (χ0n) is 35.8. The summed E-state index contributed by atoms with van der Waals surface area (Å²) in [5.41, 5.74) is 15.9. The Labute approximate surface area is 360 Å². The third kappa shape index (κ3) is 5.69. The molecular weight excluding hydrogens is 721 g/mol. The molecule has 0 aromatic heterocycles. The Morgan fingerprint density at radius 2 is 0.550 bits per heavy atom. The molecule has 12 rings (SSSR count). The van der Waals surface area contributed by atoms with Gasteiger partial charge >= 0.3 is 0 Å². The zero-order chi connectivity index (χ0) is 41.7. The minimum absolute atomic E-state index is 0.0577. The maximum absolute atomic E-state index is 4.31. The zero-order valence-corrected chi connectivity index (χ0v) is 35.8. The van der Waals surface area contributed by atoms with E-state index in [2.05, 4.69) is 125 Å². The Kier molecular flexibility index (Phi) is 8.87. The van der Waals surface area contributed by atoms with Crippen LogP contribution in [0.2, 0.25) is 0 Å². The van der Waals surface area contributed by atoms with Crippen molar-refractivity contribution < 1.29 is 0 Å². The van der Waals surface area contributed by atoms with Crippen LogP contribution < -0.4 is 0 Å². The first-order valence-corrected chi connectivity index (χ1v) is 22.6. The van der Waals surface area contributed by atoms with Gasteiger partial charge in [-0.3, -0.25) is 0 Å². The highest BCUT2D eigenvalue weighted by atomic mass is 14.8. The molecule has 8 bridgehead atoms. The molecule has 8 aliphatic carbocycles. The fourth-order valence-corrected chi connectivity index (χ4v) is 16.2. The standard InChI is InChI=1S/C60H62/c1-9-41-17-42(10-2)23-51(22-41)55-30-49-21-50(31-55)33-59(32-49,37-55)60-38-56(52-24-43(11-3)18-44(12-4)25-52)34-57(39-60,53-26-45(13-5)19-46(14-6)27-53)36-58(35-56,40-60)54-28-47(15-7)20-48(16-8)29-54/h9-20,22-29,49-50H,1-8,21,30-40H2. The Hall–Kier alpha value is -5.20. The maximum atomic E-state index is 4.31. The molecule has 0 radical (unpaired) electrons. The lowest BCUT2D eigenvalue weighted by Gasteiger charge is -2.78. The molecule has 4 aromatic carbocycles. The Morgan fingerprint density at radius 3 is 0.817 bits per heavy atom. The van der Waals surface area contributed by atoms with Gasteiger partial charge in [0.25, 0.3) is 0 Å². The second-order valence-corrected chi connectivity index (χ2v) is 20.9. The summed E-state index contributed by atoms with van der Waals surface area (Å²) < 4.78 is 0. The molecule has 0 saturated heterocycles. The minimum atomic E-state index is -0.0577. The first kappa shape index (κ1) is 39.0. The average molecular weight is 783 g/mol. The summed E-state index contributed by atoms with van der Waals surface area (Å²) >= 11 is 0. The van der Waals surface area contributed by atoms with Crippen molar-refractivity contribution in [1.29, 1.82) is 0 Å². The highest BCUT2D eigenvalue weighted by Crippen LogP contribution is 2.83. The molecule has 8 aliphatic rings. The van der Waals surface area contributed by atoms with Gasteiger partial charge in [0.05, 0.1) is 0 Å². The molecule has 302 valence electrons. The molecule has 0 heteroatoms. The summed E-state index contributed by atoms with van der Waals surface area (Å²) in [7, 11) is 0. The van der Waals surface area contributed by atoms with E-state index < -0.39 is 0 Å². The maximum Gasteiger partial charge on any atom is -0.00241 e. The lowest BCUT2D eigenvalue weighted by molar-refractivity contribution is -0.225. The Balaban J connectivity index is 1.27. The fourth-order valence-electron chi connectivity index (χ4n) is 16.2. The summed E-state index contributed by atoms with van der Waals surface area (Å²) in [5, 5.41) is 0. The van der Waals surface area contributed by atoms with Crippen LogP contribution in [0.3, 0.4) is 0 Å². The van der Waals surface area contributed by atoms with Gasteiger partial charge in [0.15, 0.2) is 0 Å². The number of rotatable bonds is 13. The van der Waals surface area contributed by atoms with E-state index in [-0.39, 0.29) is 32.5 Å². The van der Waals surface area contributed by atoms with Crippen LogP contribution in [-0.2, 0) is 21.7 Å². The van der Waals surface area contributed by atoms with E-state index in [1.807, 2.05) is 48.6 Å². The van der Waals surface area contributed by atoms with Gasteiger partial charge in [0.1, 0.15) is 0 Å². The van der Waals surface area contributed by atoms with Crippen molar-refractivity contribution in [2.75, 3.05) is 0 Å². The summed E-state index contributed by atoms with van der Waals surface area (Å²) in [6.07, 6.45) is 31.4. The predicted octanol–water partition coefficient (Wildman–Crippen LogP) is 15.9. The van der Waals surface area contributed by atoms with Crippen LogP contribution in [0.4, 0.5) is 0 Å². The van der Waals surface area contributed by atoms with E-state index >= 15 is 0 Å². The molecule has 0 N–H and O–H groups in total. The summed E-state index contributed by atoms with van der Waals surface area (Å²) in [6.45, 7) is 34.4. The Morgan fingerprint density at radius 1 is 0.300 bits per heavy atom. The van der Waals surface area contributed by atoms with Gasteiger partial charge < -0.3 is 0 Å². The molecule has 8 saturated carbocycles. The average Bonchev–Trinajstić information content (AvgIpc) is 3.27. The molecule has 2 unspecified atom stereocenters. The van der Waals surface area contributed by atoms with E-state index in [0.717, 1.165) is 31.1 Å². The molecule has 0 heterocycles. The number of benzene rings is 4. The van der Waals surface area contributed by atoms with E-state index in [4.69, 9.17) is 0 Å². The van der Waals surface area contributed by atoms with Crippen molar-refractivity contribution in [3.8, 4) is 0 Å². The van der Waals surface area contributed by atoms with Crippen molar-refractivity contribution in [1.82, 2.24) is 0 Å². The largest absolute Gasteiger partial charge is 0.0985 e. The molecule has 4 aromatic rings. The van der Waals surface area contributed by atoms with Crippen LogP contribution in [0.25, 0.3) is 48.6 Å². The van der Waals surface area contributed by atoms with Gasteiger partial charge in [-0.15, -0.1) is 0 Å². The van der Waals surface area contributed by atoms with E-state index in [0.29, 0.717) is 0 Å². The smallest absolute Gasteiger partial charge is 0.00241 e. The summed E-state index contributed by atoms with van der Waals surface area (Å²) in [6, 6.07) is 29.1. The highest BCUT2D eigenvalue weighted by molar-refractivity contribution is 5.64. The van der Waals surface area contributed by atoms with Crippen molar-refractivity contribution in [2.45, 2.75) is 98.7 Å². The molecule has 0 spiro atoms. The molecular formula is C60H62. The van der Waals surface area contributed by atoms with Gasteiger partial charge in [0, 0.05) is 0 Å². The van der Waals surface area contributed by atoms with Gasteiger partial charge in [0.2, 0.25) is 0 Å². The van der Waals surface area contributed by atoms with E-state index in [1.165, 1.54) is 125 Å². The van der Waals surface area contributed by atoms with Crippen molar-refractivity contribution >= 4 is 48.6 Å². The normalized spacial score (nSPS) is 34.1. The van der Waals surface area contributed by atoms with Crippen molar-refractivity contribution in [2.24, 2.45) is 22.7 Å². The third-order valence-corrected chi connectivity index (χ3v) is 17.5. The van der Waals surface area contributed by atoms with Gasteiger partial charge in [-0.25, -0.2) is 0 Å². The van der Waals surface area contributed by atoms with Gasteiger partial charge in [-0.05, 0) is 212 Å². The third-order valence-electron chi connectivity index (χ3n) is 17.5. The molecule has 0 aliphatic heterocycles. The van der Waals surface area contributed by atoms with E-state index in [1.54, 1.807) is 0 Å². The summed E-state index contributed by atoms with van der Waals surface area (Å²) in [5.74, 6) is 1.48. The lowest BCUT2D eigenvalue weighted by atomic mass is 9.26. The quantitative estimate of drug-likeness (QED) is 0.127. The van der Waals surface area contributed by atoms with Gasteiger partial charge in [-0.2, -0.15) is 0 Å². The Bertz CT molecular complexity index is 2230. The topological polar surface area (TPSA) is 0 Å². The molecule has 0 amide bonds. The highest BCUT2D eigenvalue weighted by Gasteiger charge is 2.76. The first-order valence-electron chi connectivity index (χ1n) is 22.6. The predicted molar refractivity (Wildman–Crippen MR) is 260 cm³/mol. The van der Waals surface area contributed by atoms with Crippen LogP contribution in [0, 0.1) is 22.7 Å². The molecule has 8 fully saturated rings. The van der Waals surface area contributed by atoms with Crippen LogP contribution in [-0.4, -0.2) is 0 Å². The molecule has 60 heavy (non-hydrogen) atoms. The molecule has 0 nitrogen and oxygen atoms in total. The minimum Gasteiger partial charge on any atom is -0.0985 e. The second kappa shape index (κ2) is 13.7. The number of hydrogen-bond acceptors (Lipinski definition) is 0. The number of hydrogen-bond donors (Lipinski definition) is 0. The monoisotopic (exact) mass is 782 g/mol. The molecule has 2 atom stereocenters. The first-order chi connectivity index (χ1) is 28.9. The van der Waals surface area contributed by atoms with Crippen molar-refractivity contribution in [3.05, 3.63) is 192 Å². The van der Waals surface area contributed by atoms with Crippen LogP contribution in [0.1, 0.15) is 144 Å². The van der Waals surface area contributed by atoms with Crippen LogP contribution in [0.15, 0.2) is 125 Å². The SMILES string of the molecule is C=Cc1cc(C=C)cc(C23CC4CC(C2)CC(C25CC6(c7cc(C=C)cc(C=C)c7)CC(c7cc(C=C)cc(C=C)c7)(CC(c7cc(C=C)cc(C=C)c7)(C6)C2)C5)(C4)C3)c1. The lowest BCUT2D eigenvalue weighted by Crippen LogP contribution is -2.72. The van der Waals surface area contributed by atoms with Crippen LogP contribution >= 0.6 is 0 Å². The fraction of sp³-hybridized carbons (Fsp3) is 0.333.